The summed E-state index contributed by atoms with van der Waals surface area (Å²) in [6.45, 7) is 1.17. The zero-order valence-electron chi connectivity index (χ0n) is 9.20. The summed E-state index contributed by atoms with van der Waals surface area (Å²) in [5, 5.41) is 0.696. The molecular formula is C10H11F2NO3S. The number of sulfone groups is 1. The van der Waals surface area contributed by atoms with Gasteiger partial charge in [0.1, 0.15) is 16.9 Å². The Morgan fingerprint density at radius 1 is 1.35 bits per heavy atom. The molecule has 0 fully saturated rings. The first-order chi connectivity index (χ1) is 7.71. The van der Waals surface area contributed by atoms with Crippen molar-refractivity contribution in [3.05, 3.63) is 29.8 Å². The first-order valence-electron chi connectivity index (χ1n) is 4.66. The van der Waals surface area contributed by atoms with Crippen molar-refractivity contribution in [2.45, 2.75) is 12.2 Å². The average Bonchev–Trinajstić information content (AvgIpc) is 2.21. The Hall–Kier alpha value is -1.50. The summed E-state index contributed by atoms with van der Waals surface area (Å²) in [4.78, 5) is 11.4. The van der Waals surface area contributed by atoms with Gasteiger partial charge >= 0.3 is 0 Å². The summed E-state index contributed by atoms with van der Waals surface area (Å²) < 4.78 is 48.1. The number of benzene rings is 1. The van der Waals surface area contributed by atoms with Gasteiger partial charge in [0.25, 0.3) is 0 Å². The zero-order chi connectivity index (χ0) is 13.2. The number of hydrogen-bond donors (Lipinski definition) is 1. The van der Waals surface area contributed by atoms with Crippen molar-refractivity contribution in [3.8, 4) is 0 Å². The molecule has 4 nitrogen and oxygen atoms in total. The second-order valence-electron chi connectivity index (χ2n) is 3.59. The van der Waals surface area contributed by atoms with E-state index in [-0.39, 0.29) is 5.69 Å². The second kappa shape index (κ2) is 4.79. The van der Waals surface area contributed by atoms with Crippen LogP contribution in [0.25, 0.3) is 0 Å². The van der Waals surface area contributed by atoms with Crippen molar-refractivity contribution in [2.24, 2.45) is 0 Å². The first-order valence-corrected chi connectivity index (χ1v) is 6.62. The molecule has 1 aromatic carbocycles. The van der Waals surface area contributed by atoms with Gasteiger partial charge in [0.05, 0.1) is 5.69 Å². The van der Waals surface area contributed by atoms with E-state index in [2.05, 4.69) is 0 Å². The number of hydrogen-bond acceptors (Lipinski definition) is 3. The van der Waals surface area contributed by atoms with Crippen LogP contribution in [0.4, 0.5) is 14.5 Å². The van der Waals surface area contributed by atoms with Crippen LogP contribution in [0.3, 0.4) is 0 Å². The molecule has 0 heterocycles. The van der Waals surface area contributed by atoms with Crippen LogP contribution < -0.4 is 5.32 Å². The van der Waals surface area contributed by atoms with Crippen molar-refractivity contribution < 1.29 is 22.0 Å². The third-order valence-corrected chi connectivity index (χ3v) is 3.70. The molecule has 1 aromatic rings. The lowest BCUT2D eigenvalue weighted by Gasteiger charge is -2.10. The van der Waals surface area contributed by atoms with Crippen LogP contribution in [0.5, 0.6) is 0 Å². The summed E-state index contributed by atoms with van der Waals surface area (Å²) in [7, 11) is -3.57. The molecule has 17 heavy (non-hydrogen) atoms. The molecule has 7 heteroatoms. The normalized spacial score (nSPS) is 13.2. The Morgan fingerprint density at radius 2 is 1.94 bits per heavy atom. The molecule has 0 aliphatic heterocycles. The highest BCUT2D eigenvalue weighted by atomic mass is 32.2. The smallest absolute Gasteiger partial charge is 0.242 e. The number of halogens is 2. The van der Waals surface area contributed by atoms with Crippen molar-refractivity contribution in [2.75, 3.05) is 11.6 Å². The van der Waals surface area contributed by atoms with E-state index in [9.17, 15) is 22.0 Å². The third kappa shape index (κ3) is 3.48. The Labute approximate surface area is 97.6 Å². The van der Waals surface area contributed by atoms with Crippen LogP contribution in [0, 0.1) is 11.6 Å². The molecule has 1 rings (SSSR count). The maximum atomic E-state index is 13.2. The third-order valence-electron chi connectivity index (χ3n) is 2.20. The summed E-state index contributed by atoms with van der Waals surface area (Å²) in [6, 6.07) is 2.52. The number of anilines is 1. The molecular weight excluding hydrogens is 252 g/mol. The molecule has 0 saturated heterocycles. The van der Waals surface area contributed by atoms with Crippen LogP contribution in [0.15, 0.2) is 18.2 Å². The van der Waals surface area contributed by atoms with Gasteiger partial charge in [-0.3, -0.25) is 4.79 Å². The van der Waals surface area contributed by atoms with Gasteiger partial charge in [0, 0.05) is 12.3 Å². The van der Waals surface area contributed by atoms with Crippen LogP contribution in [0.1, 0.15) is 6.92 Å². The molecule has 0 aromatic heterocycles. The minimum atomic E-state index is -3.57. The summed E-state index contributed by atoms with van der Waals surface area (Å²) in [5.74, 6) is -2.47. The maximum absolute atomic E-state index is 13.2. The quantitative estimate of drug-likeness (QED) is 0.895. The van der Waals surface area contributed by atoms with Gasteiger partial charge in [-0.2, -0.15) is 0 Å². The summed E-state index contributed by atoms with van der Waals surface area (Å²) in [6.07, 6.45) is 0.888. The average molecular weight is 263 g/mol. The van der Waals surface area contributed by atoms with Gasteiger partial charge in [-0.05, 0) is 19.1 Å². The minimum Gasteiger partial charge on any atom is -0.322 e. The van der Waals surface area contributed by atoms with Crippen LogP contribution >= 0.6 is 0 Å². The highest BCUT2D eigenvalue weighted by Gasteiger charge is 2.24. The van der Waals surface area contributed by atoms with Crippen molar-refractivity contribution in [3.63, 3.8) is 0 Å². The molecule has 1 amide bonds. The summed E-state index contributed by atoms with van der Waals surface area (Å²) >= 11 is 0. The van der Waals surface area contributed by atoms with Gasteiger partial charge in [-0.1, -0.05) is 0 Å². The number of rotatable bonds is 3. The molecule has 0 aliphatic rings. The van der Waals surface area contributed by atoms with E-state index in [1.54, 1.807) is 0 Å². The SMILES string of the molecule is CC(C(=O)Nc1cc(F)ccc1F)S(C)(=O)=O. The van der Waals surface area contributed by atoms with Gasteiger partial charge in [0.15, 0.2) is 9.84 Å². The molecule has 0 radical (unpaired) electrons. The fourth-order valence-corrected chi connectivity index (χ4v) is 1.47. The van der Waals surface area contributed by atoms with Gasteiger partial charge in [-0.15, -0.1) is 0 Å². The van der Waals surface area contributed by atoms with Crippen molar-refractivity contribution >= 4 is 21.4 Å². The zero-order valence-corrected chi connectivity index (χ0v) is 10.0. The first kappa shape index (κ1) is 13.6. The van der Waals surface area contributed by atoms with Gasteiger partial charge in [-0.25, -0.2) is 17.2 Å². The van der Waals surface area contributed by atoms with E-state index in [1.807, 2.05) is 5.32 Å². The monoisotopic (exact) mass is 263 g/mol. The van der Waals surface area contributed by atoms with E-state index < -0.39 is 32.6 Å². The lowest BCUT2D eigenvalue weighted by molar-refractivity contribution is -0.115. The predicted molar refractivity (Wildman–Crippen MR) is 59.3 cm³/mol. The van der Waals surface area contributed by atoms with Crippen molar-refractivity contribution in [1.82, 2.24) is 0 Å². The fourth-order valence-electron chi connectivity index (χ4n) is 1.02. The number of carbonyl (C=O) groups is 1. The molecule has 1 N–H and O–H groups in total. The fraction of sp³-hybridized carbons (Fsp3) is 0.300. The number of nitrogens with one attached hydrogen (secondary N) is 1. The minimum absolute atomic E-state index is 0.384. The second-order valence-corrected chi connectivity index (χ2v) is 5.95. The van der Waals surface area contributed by atoms with Gasteiger partial charge < -0.3 is 5.32 Å². The Balaban J connectivity index is 2.92. The lowest BCUT2D eigenvalue weighted by atomic mass is 10.3. The molecule has 0 aliphatic carbocycles. The van der Waals surface area contributed by atoms with Gasteiger partial charge in [0.2, 0.25) is 5.91 Å². The maximum Gasteiger partial charge on any atom is 0.242 e. The van der Waals surface area contributed by atoms with Crippen molar-refractivity contribution in [1.29, 1.82) is 0 Å². The molecule has 0 spiro atoms. The van der Waals surface area contributed by atoms with Crippen LogP contribution in [-0.2, 0) is 14.6 Å². The Bertz CT molecular complexity index is 542. The molecule has 1 unspecified atom stereocenters. The highest BCUT2D eigenvalue weighted by molar-refractivity contribution is 7.92. The van der Waals surface area contributed by atoms with E-state index in [4.69, 9.17) is 0 Å². The van der Waals surface area contributed by atoms with E-state index in [0.717, 1.165) is 24.5 Å². The lowest BCUT2D eigenvalue weighted by Crippen LogP contribution is -2.32. The van der Waals surface area contributed by atoms with Crippen LogP contribution in [0.2, 0.25) is 0 Å². The van der Waals surface area contributed by atoms with E-state index in [1.165, 1.54) is 6.92 Å². The Kier molecular flexibility index (Phi) is 3.82. The predicted octanol–water partition coefficient (Wildman–Crippen LogP) is 1.34. The van der Waals surface area contributed by atoms with Crippen LogP contribution in [-0.4, -0.2) is 25.8 Å². The topological polar surface area (TPSA) is 63.2 Å². The number of amides is 1. The molecule has 1 atom stereocenters. The molecule has 0 bridgehead atoms. The Morgan fingerprint density at radius 3 is 2.47 bits per heavy atom. The molecule has 94 valence electrons. The number of carbonyl (C=O) groups excluding carboxylic acids is 1. The highest BCUT2D eigenvalue weighted by Crippen LogP contribution is 2.16. The largest absolute Gasteiger partial charge is 0.322 e. The standard InChI is InChI=1S/C10H11F2NO3S/c1-6(17(2,15)16)10(14)13-9-5-7(11)3-4-8(9)12/h3-6H,1-2H3,(H,13,14). The van der Waals surface area contributed by atoms with E-state index >= 15 is 0 Å². The molecule has 0 saturated carbocycles. The van der Waals surface area contributed by atoms with E-state index in [0.29, 0.717) is 0 Å². The summed E-state index contributed by atoms with van der Waals surface area (Å²) in [5.41, 5.74) is -0.384.